The molecule has 7 nitrogen and oxygen atoms in total. The van der Waals surface area contributed by atoms with Crippen LogP contribution >= 0.6 is 0 Å². The summed E-state index contributed by atoms with van der Waals surface area (Å²) in [6.07, 6.45) is 2.49. The van der Waals surface area contributed by atoms with Gasteiger partial charge in [0.05, 0.1) is 4.92 Å². The van der Waals surface area contributed by atoms with E-state index in [0.717, 1.165) is 19.3 Å². The van der Waals surface area contributed by atoms with Gasteiger partial charge in [-0.05, 0) is 37.3 Å². The lowest BCUT2D eigenvalue weighted by Gasteiger charge is -2.14. The number of anilines is 1. The van der Waals surface area contributed by atoms with Gasteiger partial charge in [-0.15, -0.1) is 0 Å². The van der Waals surface area contributed by atoms with Gasteiger partial charge in [0.2, 0.25) is 10.0 Å². The molecule has 2 unspecified atom stereocenters. The molecule has 0 amide bonds. The van der Waals surface area contributed by atoms with E-state index < -0.39 is 20.6 Å². The van der Waals surface area contributed by atoms with Crippen LogP contribution in [0, 0.1) is 16.0 Å². The van der Waals surface area contributed by atoms with Crippen molar-refractivity contribution in [2.24, 2.45) is 5.92 Å². The largest absolute Gasteiger partial charge is 0.388 e. The number of nitro groups is 1. The molecule has 8 heteroatoms. The molecule has 2 atom stereocenters. The molecule has 1 fully saturated rings. The van der Waals surface area contributed by atoms with Crippen LogP contribution in [0.1, 0.15) is 26.2 Å². The molecule has 0 saturated heterocycles. The van der Waals surface area contributed by atoms with E-state index >= 15 is 0 Å². The molecular formula is C13H19N3O4S. The van der Waals surface area contributed by atoms with Crippen molar-refractivity contribution in [2.45, 2.75) is 37.1 Å². The van der Waals surface area contributed by atoms with Gasteiger partial charge in [0.1, 0.15) is 0 Å². The van der Waals surface area contributed by atoms with E-state index in [1.54, 1.807) is 7.05 Å². The molecule has 0 radical (unpaired) electrons. The summed E-state index contributed by atoms with van der Waals surface area (Å²) in [6.45, 7) is 2.07. The summed E-state index contributed by atoms with van der Waals surface area (Å²) in [5.74, 6) is 0.469. The summed E-state index contributed by atoms with van der Waals surface area (Å²) in [6, 6.07) is 3.83. The van der Waals surface area contributed by atoms with Crippen molar-refractivity contribution in [3.05, 3.63) is 28.3 Å². The molecule has 1 saturated carbocycles. The molecule has 0 bridgehead atoms. The van der Waals surface area contributed by atoms with E-state index in [-0.39, 0.29) is 10.9 Å². The summed E-state index contributed by atoms with van der Waals surface area (Å²) in [5.41, 5.74) is 0.105. The Bertz CT molecular complexity index is 645. The molecule has 116 valence electrons. The normalized spacial score (nSPS) is 22.2. The topological polar surface area (TPSA) is 101 Å². The predicted octanol–water partition coefficient (Wildman–Crippen LogP) is 2.10. The van der Waals surface area contributed by atoms with Crippen LogP contribution in [0.4, 0.5) is 11.4 Å². The van der Waals surface area contributed by atoms with Crippen LogP contribution in [-0.2, 0) is 10.0 Å². The van der Waals surface area contributed by atoms with Gasteiger partial charge in [-0.1, -0.05) is 6.92 Å². The molecule has 1 aromatic carbocycles. The molecule has 0 heterocycles. The summed E-state index contributed by atoms with van der Waals surface area (Å²) in [7, 11) is -2.28. The Labute approximate surface area is 123 Å². The first-order valence-corrected chi connectivity index (χ1v) is 8.30. The molecule has 1 aromatic rings. The number of nitro benzene ring substituents is 1. The van der Waals surface area contributed by atoms with E-state index in [1.165, 1.54) is 18.2 Å². The van der Waals surface area contributed by atoms with Gasteiger partial charge in [0.25, 0.3) is 5.69 Å². The summed E-state index contributed by atoms with van der Waals surface area (Å²) in [4.78, 5) is 10.1. The molecule has 1 aliphatic rings. The van der Waals surface area contributed by atoms with E-state index in [1.807, 2.05) is 0 Å². The van der Waals surface area contributed by atoms with Gasteiger partial charge in [-0.3, -0.25) is 10.1 Å². The number of sulfonamides is 1. The zero-order chi connectivity index (χ0) is 15.6. The van der Waals surface area contributed by atoms with Gasteiger partial charge in [-0.2, -0.15) is 0 Å². The van der Waals surface area contributed by atoms with Gasteiger partial charge in [0, 0.05) is 24.8 Å². The number of nitrogens with one attached hydrogen (secondary N) is 2. The first-order chi connectivity index (χ1) is 9.83. The number of nitrogens with zero attached hydrogens (tertiary/aromatic N) is 1. The highest BCUT2D eigenvalue weighted by atomic mass is 32.2. The van der Waals surface area contributed by atoms with Gasteiger partial charge < -0.3 is 5.32 Å². The second-order valence-electron chi connectivity index (χ2n) is 5.43. The van der Waals surface area contributed by atoms with E-state index in [2.05, 4.69) is 17.0 Å². The zero-order valence-corrected chi connectivity index (χ0v) is 12.8. The maximum Gasteiger partial charge on any atom is 0.289 e. The number of rotatable bonds is 5. The van der Waals surface area contributed by atoms with Crippen molar-refractivity contribution < 1.29 is 13.3 Å². The summed E-state index contributed by atoms with van der Waals surface area (Å²) < 4.78 is 27.5. The van der Waals surface area contributed by atoms with Gasteiger partial charge in [0.15, 0.2) is 4.90 Å². The minimum atomic E-state index is -3.91. The van der Waals surface area contributed by atoms with Crippen molar-refractivity contribution in [1.29, 1.82) is 0 Å². The molecule has 21 heavy (non-hydrogen) atoms. The highest BCUT2D eigenvalue weighted by molar-refractivity contribution is 7.89. The first-order valence-electron chi connectivity index (χ1n) is 6.82. The minimum absolute atomic E-state index is 0.150. The SMILES string of the molecule is CNc1ccc([N+](=O)[O-])c(S(=O)(=O)NC2CCC(C)C2)c1. The Kier molecular flexibility index (Phi) is 4.48. The maximum atomic E-state index is 12.4. The fourth-order valence-electron chi connectivity index (χ4n) is 2.63. The van der Waals surface area contributed by atoms with Crippen LogP contribution in [0.5, 0.6) is 0 Å². The Morgan fingerprint density at radius 3 is 2.57 bits per heavy atom. The van der Waals surface area contributed by atoms with Crippen LogP contribution in [0.15, 0.2) is 23.1 Å². The van der Waals surface area contributed by atoms with Crippen molar-refractivity contribution in [3.63, 3.8) is 0 Å². The fourth-order valence-corrected chi connectivity index (χ4v) is 4.11. The van der Waals surface area contributed by atoms with E-state index in [9.17, 15) is 18.5 Å². The Balaban J connectivity index is 2.36. The van der Waals surface area contributed by atoms with Crippen LogP contribution in [-0.4, -0.2) is 26.4 Å². The monoisotopic (exact) mass is 313 g/mol. The zero-order valence-electron chi connectivity index (χ0n) is 12.0. The van der Waals surface area contributed by atoms with Crippen LogP contribution < -0.4 is 10.0 Å². The second kappa shape index (κ2) is 5.98. The Hall–Kier alpha value is -1.67. The van der Waals surface area contributed by atoms with E-state index in [0.29, 0.717) is 11.6 Å². The lowest BCUT2D eigenvalue weighted by molar-refractivity contribution is -0.387. The third-order valence-electron chi connectivity index (χ3n) is 3.75. The average Bonchev–Trinajstić information content (AvgIpc) is 2.82. The van der Waals surface area contributed by atoms with Crippen molar-refractivity contribution in [2.75, 3.05) is 12.4 Å². The van der Waals surface area contributed by atoms with Crippen LogP contribution in [0.2, 0.25) is 0 Å². The standard InChI is InChI=1S/C13H19N3O4S/c1-9-3-4-11(7-9)15-21(19,20)13-8-10(14-2)5-6-12(13)16(17)18/h5-6,8-9,11,14-15H,3-4,7H2,1-2H3. The first kappa shape index (κ1) is 15.7. The third-order valence-corrected chi connectivity index (χ3v) is 5.30. The van der Waals surface area contributed by atoms with Crippen LogP contribution in [0.3, 0.4) is 0 Å². The molecule has 0 aromatic heterocycles. The molecular weight excluding hydrogens is 294 g/mol. The lowest BCUT2D eigenvalue weighted by atomic mass is 10.1. The highest BCUT2D eigenvalue weighted by Crippen LogP contribution is 2.30. The number of hydrogen-bond acceptors (Lipinski definition) is 5. The number of hydrogen-bond donors (Lipinski definition) is 2. The average molecular weight is 313 g/mol. The smallest absolute Gasteiger partial charge is 0.289 e. The molecule has 1 aliphatic carbocycles. The third kappa shape index (κ3) is 3.51. The molecule has 0 aliphatic heterocycles. The van der Waals surface area contributed by atoms with Crippen molar-refractivity contribution >= 4 is 21.4 Å². The Morgan fingerprint density at radius 2 is 2.05 bits per heavy atom. The molecule has 0 spiro atoms. The highest BCUT2D eigenvalue weighted by Gasteiger charge is 2.31. The Morgan fingerprint density at radius 1 is 1.33 bits per heavy atom. The van der Waals surface area contributed by atoms with Gasteiger partial charge in [-0.25, -0.2) is 13.1 Å². The predicted molar refractivity (Wildman–Crippen MR) is 79.8 cm³/mol. The van der Waals surface area contributed by atoms with Crippen molar-refractivity contribution in [1.82, 2.24) is 4.72 Å². The van der Waals surface area contributed by atoms with E-state index in [4.69, 9.17) is 0 Å². The lowest BCUT2D eigenvalue weighted by Crippen LogP contribution is -2.33. The number of benzene rings is 1. The minimum Gasteiger partial charge on any atom is -0.388 e. The van der Waals surface area contributed by atoms with Crippen molar-refractivity contribution in [3.8, 4) is 0 Å². The maximum absolute atomic E-state index is 12.4. The summed E-state index contributed by atoms with van der Waals surface area (Å²) in [5, 5.41) is 13.8. The second-order valence-corrected chi connectivity index (χ2v) is 7.11. The van der Waals surface area contributed by atoms with Gasteiger partial charge >= 0.3 is 0 Å². The molecule has 2 rings (SSSR count). The quantitative estimate of drug-likeness (QED) is 0.640. The molecule has 2 N–H and O–H groups in total. The summed E-state index contributed by atoms with van der Waals surface area (Å²) >= 11 is 0. The fraction of sp³-hybridized carbons (Fsp3) is 0.538. The van der Waals surface area contributed by atoms with Crippen LogP contribution in [0.25, 0.3) is 0 Å².